The van der Waals surface area contributed by atoms with Crippen molar-refractivity contribution < 1.29 is 4.79 Å². The first-order valence-corrected chi connectivity index (χ1v) is 5.48. The summed E-state index contributed by atoms with van der Waals surface area (Å²) in [5, 5.41) is 2.58. The van der Waals surface area contributed by atoms with Crippen LogP contribution in [0.1, 0.15) is 10.4 Å². The first-order chi connectivity index (χ1) is 5.65. The number of carbonyl (C=O) groups excluding carboxylic acids is 1. The third-order valence-corrected chi connectivity index (χ3v) is 4.27. The first-order valence-electron chi connectivity index (χ1n) is 3.32. The number of rotatable bonds is 1. The van der Waals surface area contributed by atoms with Crippen molar-refractivity contribution in [2.75, 3.05) is 7.05 Å². The molecule has 0 atom stereocenters. The van der Waals surface area contributed by atoms with Crippen molar-refractivity contribution >= 4 is 51.1 Å². The highest BCUT2D eigenvalue weighted by Crippen LogP contribution is 2.16. The number of carbonyl (C=O) groups is 1. The lowest BCUT2D eigenvalue weighted by molar-refractivity contribution is 0.0963. The van der Waals surface area contributed by atoms with Crippen LogP contribution in [0.2, 0.25) is 0 Å². The number of hydrogen-bond donors (Lipinski definition) is 1. The van der Waals surface area contributed by atoms with Crippen LogP contribution in [-0.2, 0) is 0 Å². The lowest BCUT2D eigenvalue weighted by Crippen LogP contribution is -2.17. The van der Waals surface area contributed by atoms with Crippen LogP contribution in [0.5, 0.6) is 0 Å². The molecule has 0 bridgehead atoms. The van der Waals surface area contributed by atoms with E-state index in [0.29, 0.717) is 5.56 Å². The second kappa shape index (κ2) is 4.40. The van der Waals surface area contributed by atoms with E-state index in [9.17, 15) is 4.79 Å². The molecule has 64 valence electrons. The van der Waals surface area contributed by atoms with Gasteiger partial charge in [0.05, 0.1) is 0 Å². The maximum atomic E-state index is 11.2. The summed E-state index contributed by atoms with van der Waals surface area (Å²) in [5.41, 5.74) is 0.710. The molecule has 0 unspecified atom stereocenters. The van der Waals surface area contributed by atoms with Gasteiger partial charge in [0, 0.05) is 19.8 Å². The maximum Gasteiger partial charge on any atom is 0.251 e. The summed E-state index contributed by atoms with van der Waals surface area (Å²) in [4.78, 5) is 11.2. The molecule has 0 radical (unpaired) electrons. The van der Waals surface area contributed by atoms with Crippen molar-refractivity contribution in [1.82, 2.24) is 5.32 Å². The molecule has 0 aliphatic heterocycles. The predicted octanol–water partition coefficient (Wildman–Crippen LogP) is 2.26. The topological polar surface area (TPSA) is 29.1 Å². The van der Waals surface area contributed by atoms with E-state index in [1.807, 2.05) is 18.2 Å². The quantitative estimate of drug-likeness (QED) is 0.737. The Bertz CT molecular complexity index is 312. The minimum absolute atomic E-state index is 0.0377. The molecule has 0 spiro atoms. The van der Waals surface area contributed by atoms with Crippen molar-refractivity contribution in [2.45, 2.75) is 0 Å². The standard InChI is InChI=1S/C8H7I2NO/c1-11-8(12)5-2-3-6(9)7(10)4-5/h2-4H,1H3,(H,11,12). The van der Waals surface area contributed by atoms with E-state index in [1.54, 1.807) is 7.05 Å². The summed E-state index contributed by atoms with van der Waals surface area (Å²) in [5.74, 6) is -0.0377. The minimum Gasteiger partial charge on any atom is -0.355 e. The van der Waals surface area contributed by atoms with E-state index in [2.05, 4.69) is 50.5 Å². The van der Waals surface area contributed by atoms with Crippen LogP contribution >= 0.6 is 45.2 Å². The van der Waals surface area contributed by atoms with E-state index < -0.39 is 0 Å². The van der Waals surface area contributed by atoms with E-state index in [1.165, 1.54) is 3.57 Å². The van der Waals surface area contributed by atoms with Crippen molar-refractivity contribution in [1.29, 1.82) is 0 Å². The third-order valence-electron chi connectivity index (χ3n) is 1.41. The summed E-state index contributed by atoms with van der Waals surface area (Å²) in [6.45, 7) is 0. The molecule has 0 saturated heterocycles. The fourth-order valence-electron chi connectivity index (χ4n) is 0.782. The molecule has 0 saturated carbocycles. The zero-order valence-corrected chi connectivity index (χ0v) is 10.7. The lowest BCUT2D eigenvalue weighted by atomic mass is 10.2. The number of amides is 1. The monoisotopic (exact) mass is 387 g/mol. The van der Waals surface area contributed by atoms with Crippen LogP contribution in [0.4, 0.5) is 0 Å². The SMILES string of the molecule is CNC(=O)c1ccc(I)c(I)c1. The van der Waals surface area contributed by atoms with Gasteiger partial charge in [-0.1, -0.05) is 0 Å². The molecule has 4 heteroatoms. The van der Waals surface area contributed by atoms with Gasteiger partial charge in [0.15, 0.2) is 0 Å². The van der Waals surface area contributed by atoms with Gasteiger partial charge >= 0.3 is 0 Å². The summed E-state index contributed by atoms with van der Waals surface area (Å²) in [7, 11) is 1.63. The van der Waals surface area contributed by atoms with Gasteiger partial charge in [-0.3, -0.25) is 4.79 Å². The van der Waals surface area contributed by atoms with Crippen LogP contribution in [-0.4, -0.2) is 13.0 Å². The number of nitrogens with one attached hydrogen (secondary N) is 1. The smallest absolute Gasteiger partial charge is 0.251 e. The molecular formula is C8H7I2NO. The molecule has 0 fully saturated rings. The largest absolute Gasteiger partial charge is 0.355 e. The molecule has 0 aliphatic carbocycles. The van der Waals surface area contributed by atoms with Crippen molar-refractivity contribution in [3.05, 3.63) is 30.9 Å². The molecular weight excluding hydrogens is 380 g/mol. The van der Waals surface area contributed by atoms with Crippen molar-refractivity contribution in [3.63, 3.8) is 0 Å². The Labute approximate surface area is 98.4 Å². The molecule has 2 nitrogen and oxygen atoms in total. The Morgan fingerprint density at radius 2 is 2.00 bits per heavy atom. The van der Waals surface area contributed by atoms with Crippen LogP contribution < -0.4 is 5.32 Å². The van der Waals surface area contributed by atoms with Gasteiger partial charge in [-0.15, -0.1) is 0 Å². The summed E-state index contributed by atoms with van der Waals surface area (Å²) >= 11 is 4.45. The van der Waals surface area contributed by atoms with Gasteiger partial charge in [-0.25, -0.2) is 0 Å². The number of halogens is 2. The van der Waals surface area contributed by atoms with Gasteiger partial charge in [0.1, 0.15) is 0 Å². The Morgan fingerprint density at radius 1 is 1.33 bits per heavy atom. The van der Waals surface area contributed by atoms with E-state index >= 15 is 0 Å². The highest BCUT2D eigenvalue weighted by atomic mass is 127. The number of benzene rings is 1. The molecule has 1 aromatic carbocycles. The summed E-state index contributed by atoms with van der Waals surface area (Å²) in [6, 6.07) is 5.64. The first kappa shape index (κ1) is 10.2. The Balaban J connectivity index is 3.05. The van der Waals surface area contributed by atoms with Crippen LogP contribution in [0, 0.1) is 7.14 Å². The van der Waals surface area contributed by atoms with Gasteiger partial charge < -0.3 is 5.32 Å². The Morgan fingerprint density at radius 3 is 2.50 bits per heavy atom. The molecule has 1 amide bonds. The molecule has 1 N–H and O–H groups in total. The summed E-state index contributed by atoms with van der Waals surface area (Å²) in [6.07, 6.45) is 0. The second-order valence-corrected chi connectivity index (χ2v) is 4.53. The van der Waals surface area contributed by atoms with E-state index in [0.717, 1.165) is 3.57 Å². The Kier molecular flexibility index (Phi) is 3.76. The van der Waals surface area contributed by atoms with Crippen LogP contribution in [0.15, 0.2) is 18.2 Å². The lowest BCUT2D eigenvalue weighted by Gasteiger charge is -2.01. The van der Waals surface area contributed by atoms with Crippen molar-refractivity contribution in [3.8, 4) is 0 Å². The second-order valence-electron chi connectivity index (χ2n) is 2.21. The third kappa shape index (κ3) is 2.32. The number of hydrogen-bond acceptors (Lipinski definition) is 1. The van der Waals surface area contributed by atoms with Gasteiger partial charge in [0.25, 0.3) is 5.91 Å². The molecule has 0 heterocycles. The van der Waals surface area contributed by atoms with Gasteiger partial charge in [-0.05, 0) is 63.4 Å². The van der Waals surface area contributed by atoms with Crippen LogP contribution in [0.3, 0.4) is 0 Å². The Hall–Kier alpha value is 0.150. The highest BCUT2D eigenvalue weighted by molar-refractivity contribution is 14.1. The molecule has 1 rings (SSSR count). The van der Waals surface area contributed by atoms with E-state index in [4.69, 9.17) is 0 Å². The zero-order chi connectivity index (χ0) is 9.14. The molecule has 12 heavy (non-hydrogen) atoms. The molecule has 0 aliphatic rings. The highest BCUT2D eigenvalue weighted by Gasteiger charge is 2.04. The van der Waals surface area contributed by atoms with Crippen LogP contribution in [0.25, 0.3) is 0 Å². The maximum absolute atomic E-state index is 11.2. The predicted molar refractivity (Wildman–Crippen MR) is 65.3 cm³/mol. The normalized spacial score (nSPS) is 9.58. The molecule has 1 aromatic rings. The average molecular weight is 387 g/mol. The molecule has 0 aromatic heterocycles. The van der Waals surface area contributed by atoms with Gasteiger partial charge in [-0.2, -0.15) is 0 Å². The average Bonchev–Trinajstić information content (AvgIpc) is 2.08. The summed E-state index contributed by atoms with van der Waals surface area (Å²) < 4.78 is 2.27. The van der Waals surface area contributed by atoms with Crippen molar-refractivity contribution in [2.24, 2.45) is 0 Å². The van der Waals surface area contributed by atoms with Gasteiger partial charge in [0.2, 0.25) is 0 Å². The fourth-order valence-corrected chi connectivity index (χ4v) is 1.63. The van der Waals surface area contributed by atoms with E-state index in [-0.39, 0.29) is 5.91 Å². The fraction of sp³-hybridized carbons (Fsp3) is 0.125. The zero-order valence-electron chi connectivity index (χ0n) is 6.40. The minimum atomic E-state index is -0.0377.